The maximum Gasteiger partial charge on any atom is 0.0543 e. The molecule has 7 aromatic rings. The van der Waals surface area contributed by atoms with Crippen LogP contribution in [-0.2, 0) is 21.7 Å². The van der Waals surface area contributed by atoms with Crippen LogP contribution in [0.3, 0.4) is 0 Å². The molecule has 0 saturated carbocycles. The summed E-state index contributed by atoms with van der Waals surface area (Å²) >= 11 is 0. The Morgan fingerprint density at radius 1 is 0.333 bits per heavy atom. The molecule has 0 aromatic heterocycles. The SMILES string of the molecule is CC1(C)CCC(C)(C)c2cc(-c3ccc(-c4cc5c(cc4N(c4ccccc4)c4ccc6c(c4)C(C)(C)c4ccccc4-6)C(C)(C)c4ccccc4-5)cc3)ccc21. The third-order valence-electron chi connectivity index (χ3n) is 14.2. The van der Waals surface area contributed by atoms with E-state index >= 15 is 0 Å². The number of para-hydroxylation sites is 1. The summed E-state index contributed by atoms with van der Waals surface area (Å²) in [5, 5.41) is 0. The second-order valence-electron chi connectivity index (χ2n) is 19.3. The first kappa shape index (κ1) is 35.7. The summed E-state index contributed by atoms with van der Waals surface area (Å²) in [5.74, 6) is 0. The molecule has 3 aliphatic rings. The van der Waals surface area contributed by atoms with Crippen LogP contribution in [0.1, 0.15) is 102 Å². The first-order valence-electron chi connectivity index (χ1n) is 20.9. The van der Waals surface area contributed by atoms with Crippen molar-refractivity contribution >= 4 is 17.1 Å². The number of benzene rings is 7. The minimum absolute atomic E-state index is 0.105. The van der Waals surface area contributed by atoms with E-state index in [0.717, 1.165) is 5.69 Å². The van der Waals surface area contributed by atoms with Gasteiger partial charge in [-0.25, -0.2) is 0 Å². The predicted molar refractivity (Wildman–Crippen MR) is 242 cm³/mol. The topological polar surface area (TPSA) is 3.24 Å². The summed E-state index contributed by atoms with van der Waals surface area (Å²) in [6.45, 7) is 19.2. The molecule has 0 unspecified atom stereocenters. The molecule has 3 aliphatic carbocycles. The number of nitrogens with zero attached hydrogens (tertiary/aromatic N) is 1. The Morgan fingerprint density at radius 3 is 1.53 bits per heavy atom. The molecule has 1 heteroatoms. The van der Waals surface area contributed by atoms with Gasteiger partial charge in [-0.15, -0.1) is 0 Å². The predicted octanol–water partition coefficient (Wildman–Crippen LogP) is 15.5. The standard InChI is InChI=1S/C56H53N/c1-53(2)30-31-54(3,4)51-32-38(26-29-48(51)53)36-22-24-37(25-23-36)44-34-45-42-19-13-15-21-47(42)56(7,8)50(45)35-52(44)57(39-16-10-9-11-17-39)40-27-28-43-41-18-12-14-20-46(41)55(5,6)49(43)33-40/h9-29,32-35H,30-31H2,1-8H3. The molecule has 0 N–H and O–H groups in total. The highest BCUT2D eigenvalue weighted by molar-refractivity contribution is 5.96. The zero-order chi connectivity index (χ0) is 39.5. The average molecular weight is 740 g/mol. The average Bonchev–Trinajstić information content (AvgIpc) is 3.59. The Morgan fingerprint density at radius 2 is 0.860 bits per heavy atom. The van der Waals surface area contributed by atoms with Crippen molar-refractivity contribution in [3.8, 4) is 44.5 Å². The van der Waals surface area contributed by atoms with E-state index in [4.69, 9.17) is 0 Å². The maximum atomic E-state index is 2.51. The number of hydrogen-bond donors (Lipinski definition) is 0. The van der Waals surface area contributed by atoms with Gasteiger partial charge in [0.05, 0.1) is 5.69 Å². The minimum atomic E-state index is -0.137. The van der Waals surface area contributed by atoms with Gasteiger partial charge in [0.15, 0.2) is 0 Å². The van der Waals surface area contributed by atoms with Crippen molar-refractivity contribution in [1.29, 1.82) is 0 Å². The van der Waals surface area contributed by atoms with Gasteiger partial charge in [0.25, 0.3) is 0 Å². The molecule has 10 rings (SSSR count). The van der Waals surface area contributed by atoms with Gasteiger partial charge in [-0.3, -0.25) is 0 Å². The largest absolute Gasteiger partial charge is 0.310 e. The van der Waals surface area contributed by atoms with E-state index in [1.54, 1.807) is 0 Å². The Kier molecular flexibility index (Phi) is 7.79. The summed E-state index contributed by atoms with van der Waals surface area (Å²) in [4.78, 5) is 2.51. The quantitative estimate of drug-likeness (QED) is 0.170. The number of fused-ring (bicyclic) bond motifs is 7. The van der Waals surface area contributed by atoms with E-state index in [2.05, 4.69) is 212 Å². The highest BCUT2D eigenvalue weighted by Crippen LogP contribution is 2.55. The molecule has 0 atom stereocenters. The van der Waals surface area contributed by atoms with Crippen LogP contribution in [0.2, 0.25) is 0 Å². The maximum absolute atomic E-state index is 2.51. The molecule has 7 aromatic carbocycles. The van der Waals surface area contributed by atoms with Crippen LogP contribution in [0.25, 0.3) is 44.5 Å². The third-order valence-corrected chi connectivity index (χ3v) is 14.2. The number of rotatable bonds is 5. The van der Waals surface area contributed by atoms with Crippen LogP contribution in [0, 0.1) is 0 Å². The first-order chi connectivity index (χ1) is 27.3. The lowest BCUT2D eigenvalue weighted by molar-refractivity contribution is 0.332. The van der Waals surface area contributed by atoms with E-state index in [9.17, 15) is 0 Å². The third kappa shape index (κ3) is 5.42. The monoisotopic (exact) mass is 739 g/mol. The van der Waals surface area contributed by atoms with E-state index in [1.165, 1.54) is 102 Å². The second kappa shape index (κ2) is 12.4. The molecule has 57 heavy (non-hydrogen) atoms. The molecule has 0 saturated heterocycles. The van der Waals surface area contributed by atoms with Crippen molar-refractivity contribution in [2.45, 2.75) is 89.9 Å². The summed E-state index contributed by atoms with van der Waals surface area (Å²) in [5.41, 5.74) is 22.5. The lowest BCUT2D eigenvalue weighted by Gasteiger charge is -2.42. The molecule has 0 radical (unpaired) electrons. The van der Waals surface area contributed by atoms with Crippen molar-refractivity contribution in [3.63, 3.8) is 0 Å². The van der Waals surface area contributed by atoms with Crippen LogP contribution >= 0.6 is 0 Å². The molecule has 0 fully saturated rings. The molecular weight excluding hydrogens is 687 g/mol. The van der Waals surface area contributed by atoms with Gasteiger partial charge < -0.3 is 4.90 Å². The Labute approximate surface area is 340 Å². The van der Waals surface area contributed by atoms with Gasteiger partial charge >= 0.3 is 0 Å². The fourth-order valence-electron chi connectivity index (χ4n) is 10.6. The Hall–Kier alpha value is -5.66. The fraction of sp³-hybridized carbons (Fsp3) is 0.250. The number of hydrogen-bond acceptors (Lipinski definition) is 1. The van der Waals surface area contributed by atoms with Gasteiger partial charge in [-0.05, 0) is 132 Å². The molecule has 0 amide bonds. The van der Waals surface area contributed by atoms with Crippen molar-refractivity contribution in [3.05, 3.63) is 185 Å². The van der Waals surface area contributed by atoms with Crippen LogP contribution in [0.4, 0.5) is 17.1 Å². The smallest absolute Gasteiger partial charge is 0.0543 e. The molecule has 282 valence electrons. The Bertz CT molecular complexity index is 2720. The molecular formula is C56H53N. The molecule has 0 aliphatic heterocycles. The summed E-state index contributed by atoms with van der Waals surface area (Å²) in [6, 6.07) is 57.7. The van der Waals surface area contributed by atoms with Crippen molar-refractivity contribution < 1.29 is 0 Å². The van der Waals surface area contributed by atoms with Crippen LogP contribution < -0.4 is 4.90 Å². The van der Waals surface area contributed by atoms with Gasteiger partial charge in [-0.2, -0.15) is 0 Å². The Balaban J connectivity index is 1.17. The van der Waals surface area contributed by atoms with Crippen LogP contribution in [-0.4, -0.2) is 0 Å². The first-order valence-corrected chi connectivity index (χ1v) is 20.9. The zero-order valence-electron chi connectivity index (χ0n) is 34.8. The summed E-state index contributed by atoms with van der Waals surface area (Å²) < 4.78 is 0. The second-order valence-corrected chi connectivity index (χ2v) is 19.3. The lowest BCUT2D eigenvalue weighted by atomic mass is 9.63. The van der Waals surface area contributed by atoms with E-state index in [1.807, 2.05) is 0 Å². The van der Waals surface area contributed by atoms with Crippen LogP contribution in [0.5, 0.6) is 0 Å². The highest BCUT2D eigenvalue weighted by atomic mass is 15.1. The normalized spacial score (nSPS) is 17.2. The van der Waals surface area contributed by atoms with Crippen molar-refractivity contribution in [2.75, 3.05) is 4.90 Å². The molecule has 0 heterocycles. The summed E-state index contributed by atoms with van der Waals surface area (Å²) in [7, 11) is 0. The van der Waals surface area contributed by atoms with Gasteiger partial charge in [0, 0.05) is 27.8 Å². The number of anilines is 3. The zero-order valence-corrected chi connectivity index (χ0v) is 34.8. The highest BCUT2D eigenvalue weighted by Gasteiger charge is 2.39. The van der Waals surface area contributed by atoms with Crippen molar-refractivity contribution in [2.24, 2.45) is 0 Å². The van der Waals surface area contributed by atoms with E-state index < -0.39 is 0 Å². The summed E-state index contributed by atoms with van der Waals surface area (Å²) in [6.07, 6.45) is 2.44. The molecule has 0 bridgehead atoms. The van der Waals surface area contributed by atoms with Crippen molar-refractivity contribution in [1.82, 2.24) is 0 Å². The van der Waals surface area contributed by atoms with E-state index in [-0.39, 0.29) is 21.7 Å². The lowest BCUT2D eigenvalue weighted by Crippen LogP contribution is -2.33. The van der Waals surface area contributed by atoms with E-state index in [0.29, 0.717) is 0 Å². The minimum Gasteiger partial charge on any atom is -0.310 e. The van der Waals surface area contributed by atoms with Gasteiger partial charge in [0.2, 0.25) is 0 Å². The fourth-order valence-corrected chi connectivity index (χ4v) is 10.6. The molecule has 0 spiro atoms. The van der Waals surface area contributed by atoms with Crippen LogP contribution in [0.15, 0.2) is 152 Å². The van der Waals surface area contributed by atoms with Gasteiger partial charge in [-0.1, -0.05) is 171 Å². The molecule has 1 nitrogen and oxygen atoms in total. The van der Waals surface area contributed by atoms with Gasteiger partial charge in [0.1, 0.15) is 0 Å².